The second-order valence-electron chi connectivity index (χ2n) is 6.25. The van der Waals surface area contributed by atoms with Gasteiger partial charge in [0, 0.05) is 5.70 Å². The third-order valence-electron chi connectivity index (χ3n) is 4.44. The molecule has 2 aromatic rings. The van der Waals surface area contributed by atoms with Gasteiger partial charge in [-0.1, -0.05) is 36.4 Å². The van der Waals surface area contributed by atoms with Crippen molar-refractivity contribution in [1.29, 1.82) is 0 Å². The Hall–Kier alpha value is -3.48. The number of benzene rings is 2. The van der Waals surface area contributed by atoms with Crippen molar-refractivity contribution in [2.75, 3.05) is 14.2 Å². The summed E-state index contributed by atoms with van der Waals surface area (Å²) in [5, 5.41) is 5.41. The Bertz CT molecular complexity index is 908. The minimum atomic E-state index is -0.670. The third-order valence-corrected chi connectivity index (χ3v) is 4.44. The normalized spacial score (nSPS) is 16.1. The van der Waals surface area contributed by atoms with E-state index in [0.717, 1.165) is 5.56 Å². The first-order valence-electron chi connectivity index (χ1n) is 8.74. The highest BCUT2D eigenvalue weighted by molar-refractivity contribution is 5.95. The summed E-state index contributed by atoms with van der Waals surface area (Å²) in [5.74, 6) is 0.552. The van der Waals surface area contributed by atoms with Crippen molar-refractivity contribution in [3.05, 3.63) is 70.9 Å². The smallest absolute Gasteiger partial charge is 0.338 e. The maximum Gasteiger partial charge on any atom is 0.338 e. The van der Waals surface area contributed by atoms with Crippen LogP contribution < -0.4 is 20.1 Å². The standard InChI is InChI=1S/C21H22N2O5/c1-13-18(20(24)28-12-14-7-5-4-6-8-14)19(23-21(25)22-13)15-9-10-16(26-2)17(11-15)27-3/h4-11,19H,12H2,1-3H3,(H2,22,23,25). The van der Waals surface area contributed by atoms with Crippen LogP contribution in [0.15, 0.2) is 59.8 Å². The average molecular weight is 382 g/mol. The van der Waals surface area contributed by atoms with Gasteiger partial charge < -0.3 is 24.8 Å². The molecule has 1 aliphatic heterocycles. The van der Waals surface area contributed by atoms with E-state index in [1.54, 1.807) is 32.2 Å². The summed E-state index contributed by atoms with van der Waals surface area (Å²) in [7, 11) is 3.07. The van der Waals surface area contributed by atoms with Gasteiger partial charge in [0.15, 0.2) is 11.5 Å². The maximum absolute atomic E-state index is 12.8. The van der Waals surface area contributed by atoms with Crippen molar-refractivity contribution in [1.82, 2.24) is 10.6 Å². The van der Waals surface area contributed by atoms with E-state index in [9.17, 15) is 9.59 Å². The molecule has 0 saturated carbocycles. The average Bonchev–Trinajstić information content (AvgIpc) is 2.71. The van der Waals surface area contributed by atoms with E-state index in [0.29, 0.717) is 28.3 Å². The molecule has 1 aliphatic rings. The molecule has 146 valence electrons. The zero-order chi connectivity index (χ0) is 20.1. The number of carbonyl (C=O) groups is 2. The summed E-state index contributed by atoms with van der Waals surface area (Å²) in [6.07, 6.45) is 0. The molecule has 0 saturated heterocycles. The first-order valence-corrected chi connectivity index (χ1v) is 8.74. The molecule has 0 spiro atoms. The van der Waals surface area contributed by atoms with Crippen LogP contribution in [0.5, 0.6) is 11.5 Å². The predicted octanol–water partition coefficient (Wildman–Crippen LogP) is 3.08. The molecule has 2 aromatic carbocycles. The number of amides is 2. The fourth-order valence-electron chi connectivity index (χ4n) is 3.05. The number of hydrogen-bond donors (Lipinski definition) is 2. The molecule has 1 heterocycles. The molecular weight excluding hydrogens is 360 g/mol. The fraction of sp³-hybridized carbons (Fsp3) is 0.238. The lowest BCUT2D eigenvalue weighted by Crippen LogP contribution is -2.45. The van der Waals surface area contributed by atoms with Crippen molar-refractivity contribution in [3.63, 3.8) is 0 Å². The number of methoxy groups -OCH3 is 2. The van der Waals surface area contributed by atoms with E-state index in [1.807, 2.05) is 30.3 Å². The quantitative estimate of drug-likeness (QED) is 0.750. The highest BCUT2D eigenvalue weighted by atomic mass is 16.5. The van der Waals surface area contributed by atoms with Crippen molar-refractivity contribution >= 4 is 12.0 Å². The van der Waals surface area contributed by atoms with E-state index in [4.69, 9.17) is 14.2 Å². The molecule has 0 fully saturated rings. The summed E-state index contributed by atoms with van der Waals surface area (Å²) < 4.78 is 16.1. The molecular formula is C21H22N2O5. The van der Waals surface area contributed by atoms with E-state index in [-0.39, 0.29) is 6.61 Å². The SMILES string of the molecule is COc1ccc(C2NC(=O)NC(C)=C2C(=O)OCc2ccccc2)cc1OC. The van der Waals surface area contributed by atoms with Gasteiger partial charge in [-0.3, -0.25) is 0 Å². The van der Waals surface area contributed by atoms with Crippen LogP contribution in [0.2, 0.25) is 0 Å². The van der Waals surface area contributed by atoms with Gasteiger partial charge in [0.2, 0.25) is 0 Å². The molecule has 1 atom stereocenters. The maximum atomic E-state index is 12.8. The van der Waals surface area contributed by atoms with Crippen LogP contribution >= 0.6 is 0 Å². The number of esters is 1. The number of nitrogens with one attached hydrogen (secondary N) is 2. The Kier molecular flexibility index (Phi) is 5.84. The van der Waals surface area contributed by atoms with Crippen LogP contribution in [-0.2, 0) is 16.1 Å². The van der Waals surface area contributed by atoms with Crippen LogP contribution in [0.1, 0.15) is 24.1 Å². The highest BCUT2D eigenvalue weighted by Gasteiger charge is 2.32. The third kappa shape index (κ3) is 4.09. The number of ether oxygens (including phenoxy) is 3. The molecule has 7 heteroatoms. The van der Waals surface area contributed by atoms with E-state index in [2.05, 4.69) is 10.6 Å². The van der Waals surface area contributed by atoms with Crippen molar-refractivity contribution in [2.45, 2.75) is 19.6 Å². The van der Waals surface area contributed by atoms with Gasteiger partial charge in [-0.25, -0.2) is 9.59 Å². The minimum Gasteiger partial charge on any atom is -0.493 e. The number of rotatable bonds is 6. The largest absolute Gasteiger partial charge is 0.493 e. The second-order valence-corrected chi connectivity index (χ2v) is 6.25. The van der Waals surface area contributed by atoms with Gasteiger partial charge >= 0.3 is 12.0 Å². The summed E-state index contributed by atoms with van der Waals surface area (Å²) in [5.41, 5.74) is 2.34. The molecule has 0 radical (unpaired) electrons. The molecule has 1 unspecified atom stereocenters. The van der Waals surface area contributed by atoms with Gasteiger partial charge in [-0.2, -0.15) is 0 Å². The Balaban J connectivity index is 1.89. The van der Waals surface area contributed by atoms with Crippen LogP contribution in [-0.4, -0.2) is 26.2 Å². The first-order chi connectivity index (χ1) is 13.5. The Morgan fingerprint density at radius 1 is 1.04 bits per heavy atom. The van der Waals surface area contributed by atoms with Gasteiger partial charge in [0.1, 0.15) is 6.61 Å². The van der Waals surface area contributed by atoms with Crippen molar-refractivity contribution in [3.8, 4) is 11.5 Å². The van der Waals surface area contributed by atoms with Crippen LogP contribution in [0.4, 0.5) is 4.79 Å². The van der Waals surface area contributed by atoms with Gasteiger partial charge in [0.05, 0.1) is 25.8 Å². The van der Waals surface area contributed by atoms with Gasteiger partial charge in [-0.15, -0.1) is 0 Å². The molecule has 2 amide bonds. The lowest BCUT2D eigenvalue weighted by atomic mass is 9.95. The summed E-state index contributed by atoms with van der Waals surface area (Å²) in [4.78, 5) is 24.8. The minimum absolute atomic E-state index is 0.142. The number of urea groups is 1. The van der Waals surface area contributed by atoms with Gasteiger partial charge in [-0.05, 0) is 30.2 Å². The molecule has 0 bridgehead atoms. The first kappa shape index (κ1) is 19.3. The molecule has 3 rings (SSSR count). The molecule has 2 N–H and O–H groups in total. The molecule has 0 aliphatic carbocycles. The Morgan fingerprint density at radius 3 is 2.43 bits per heavy atom. The topological polar surface area (TPSA) is 85.9 Å². The van der Waals surface area contributed by atoms with Crippen molar-refractivity contribution in [2.24, 2.45) is 0 Å². The second kappa shape index (κ2) is 8.47. The monoisotopic (exact) mass is 382 g/mol. The van der Waals surface area contributed by atoms with Crippen molar-refractivity contribution < 1.29 is 23.8 Å². The molecule has 28 heavy (non-hydrogen) atoms. The summed E-state index contributed by atoms with van der Waals surface area (Å²) in [6.45, 7) is 1.81. The number of carbonyl (C=O) groups excluding carboxylic acids is 2. The fourth-order valence-corrected chi connectivity index (χ4v) is 3.05. The zero-order valence-corrected chi connectivity index (χ0v) is 15.9. The summed E-state index contributed by atoms with van der Waals surface area (Å²) >= 11 is 0. The lowest BCUT2D eigenvalue weighted by molar-refractivity contribution is -0.140. The van der Waals surface area contributed by atoms with Crippen LogP contribution in [0.25, 0.3) is 0 Å². The van der Waals surface area contributed by atoms with E-state index >= 15 is 0 Å². The van der Waals surface area contributed by atoms with E-state index < -0.39 is 18.0 Å². The highest BCUT2D eigenvalue weighted by Crippen LogP contribution is 2.34. The van der Waals surface area contributed by atoms with Crippen LogP contribution in [0.3, 0.4) is 0 Å². The number of hydrogen-bond acceptors (Lipinski definition) is 5. The van der Waals surface area contributed by atoms with Crippen LogP contribution in [0, 0.1) is 0 Å². The molecule has 0 aromatic heterocycles. The Labute approximate surface area is 163 Å². The predicted molar refractivity (Wildman–Crippen MR) is 103 cm³/mol. The zero-order valence-electron chi connectivity index (χ0n) is 15.9. The summed E-state index contributed by atoms with van der Waals surface area (Å²) in [6, 6.07) is 13.6. The Morgan fingerprint density at radius 2 is 1.75 bits per heavy atom. The number of allylic oxidation sites excluding steroid dienone is 1. The lowest BCUT2D eigenvalue weighted by Gasteiger charge is -2.28. The molecule has 7 nitrogen and oxygen atoms in total. The van der Waals surface area contributed by atoms with Gasteiger partial charge in [0.25, 0.3) is 0 Å². The van der Waals surface area contributed by atoms with E-state index in [1.165, 1.54) is 7.11 Å².